The topological polar surface area (TPSA) is 71.4 Å². The lowest BCUT2D eigenvalue weighted by molar-refractivity contribution is -0.121. The van der Waals surface area contributed by atoms with E-state index in [1.807, 2.05) is 0 Å². The molecule has 0 aromatic heterocycles. The van der Waals surface area contributed by atoms with E-state index in [2.05, 4.69) is 0 Å². The molecule has 19 heavy (non-hydrogen) atoms. The van der Waals surface area contributed by atoms with Crippen molar-refractivity contribution in [1.82, 2.24) is 0 Å². The van der Waals surface area contributed by atoms with Gasteiger partial charge in [0, 0.05) is 23.5 Å². The summed E-state index contributed by atoms with van der Waals surface area (Å²) in [7, 11) is 0. The van der Waals surface area contributed by atoms with Crippen LogP contribution in [0, 0.1) is 5.92 Å². The number of benzene rings is 1. The molecule has 1 N–H and O–H groups in total. The number of allylic oxidation sites excluding steroid dienone is 2. The molecular weight excluding hydrogens is 244 g/mol. The van der Waals surface area contributed by atoms with Crippen molar-refractivity contribution in [2.24, 2.45) is 5.92 Å². The number of hydrogen-bond donors (Lipinski definition) is 1. The lowest BCUT2D eigenvalue weighted by Gasteiger charge is -2.17. The minimum atomic E-state index is -0.599. The molecular formula is C15H14O4. The average Bonchev–Trinajstić information content (AvgIpc) is 2.40. The molecule has 0 unspecified atom stereocenters. The second kappa shape index (κ2) is 4.80. The summed E-state index contributed by atoms with van der Waals surface area (Å²) in [6.45, 7) is 3.42. The highest BCUT2D eigenvalue weighted by molar-refractivity contribution is 6.26. The Balaban J connectivity index is 2.46. The third-order valence-corrected chi connectivity index (χ3v) is 3.19. The van der Waals surface area contributed by atoms with Crippen molar-refractivity contribution in [3.8, 4) is 0 Å². The van der Waals surface area contributed by atoms with Gasteiger partial charge in [-0.3, -0.25) is 14.4 Å². The summed E-state index contributed by atoms with van der Waals surface area (Å²) in [5.74, 6) is -2.07. The van der Waals surface area contributed by atoms with Crippen LogP contribution in [0.4, 0.5) is 0 Å². The van der Waals surface area contributed by atoms with E-state index in [4.69, 9.17) is 0 Å². The van der Waals surface area contributed by atoms with Gasteiger partial charge in [0.25, 0.3) is 0 Å². The molecule has 0 bridgehead atoms. The largest absolute Gasteiger partial charge is 0.504 e. The number of aliphatic hydroxyl groups excluding tert-OH is 1. The molecule has 0 fully saturated rings. The van der Waals surface area contributed by atoms with E-state index in [-0.39, 0.29) is 34.8 Å². The Morgan fingerprint density at radius 3 is 2.16 bits per heavy atom. The molecule has 0 heterocycles. The van der Waals surface area contributed by atoms with Gasteiger partial charge in [0.15, 0.2) is 11.5 Å². The highest BCUT2D eigenvalue weighted by atomic mass is 16.3. The molecule has 0 atom stereocenters. The van der Waals surface area contributed by atoms with Gasteiger partial charge in [0.1, 0.15) is 5.78 Å². The van der Waals surface area contributed by atoms with Crippen LogP contribution in [0.25, 0.3) is 0 Å². The molecule has 0 radical (unpaired) electrons. The van der Waals surface area contributed by atoms with Crippen LogP contribution < -0.4 is 0 Å². The van der Waals surface area contributed by atoms with Crippen LogP contribution in [-0.2, 0) is 4.79 Å². The van der Waals surface area contributed by atoms with Crippen LogP contribution in [0.2, 0.25) is 0 Å². The molecule has 1 aliphatic rings. The van der Waals surface area contributed by atoms with Crippen LogP contribution in [-0.4, -0.2) is 22.5 Å². The van der Waals surface area contributed by atoms with E-state index >= 15 is 0 Å². The third kappa shape index (κ3) is 2.21. The normalized spacial score (nSPS) is 14.9. The minimum absolute atomic E-state index is 0.0950. The fraction of sp³-hybridized carbons (Fsp3) is 0.267. The zero-order chi connectivity index (χ0) is 14.2. The molecule has 2 rings (SSSR count). The van der Waals surface area contributed by atoms with Crippen molar-refractivity contribution in [3.63, 3.8) is 0 Å². The van der Waals surface area contributed by atoms with Gasteiger partial charge in [-0.05, 0) is 0 Å². The van der Waals surface area contributed by atoms with Crippen molar-refractivity contribution in [2.75, 3.05) is 0 Å². The van der Waals surface area contributed by atoms with Crippen molar-refractivity contribution < 1.29 is 19.5 Å². The second-order valence-corrected chi connectivity index (χ2v) is 4.83. The highest BCUT2D eigenvalue weighted by Gasteiger charge is 2.33. The van der Waals surface area contributed by atoms with Crippen molar-refractivity contribution >= 4 is 17.3 Å². The van der Waals surface area contributed by atoms with Gasteiger partial charge in [-0.25, -0.2) is 0 Å². The molecule has 4 heteroatoms. The summed E-state index contributed by atoms with van der Waals surface area (Å²) < 4.78 is 0. The standard InChI is InChI=1S/C15H14O4/c1-8(2)12(16)7-11-13(17)9-5-3-4-6-10(9)14(18)15(11)19/h3-6,8,19H,7H2,1-2H3. The number of rotatable bonds is 3. The van der Waals surface area contributed by atoms with E-state index in [1.54, 1.807) is 26.0 Å². The SMILES string of the molecule is CC(C)C(=O)CC1=C(O)C(=O)c2ccccc2C1=O. The van der Waals surface area contributed by atoms with Crippen LogP contribution in [0.5, 0.6) is 0 Å². The first-order valence-electron chi connectivity index (χ1n) is 6.06. The molecule has 1 aromatic rings. The smallest absolute Gasteiger partial charge is 0.228 e. The Morgan fingerprint density at radius 2 is 1.63 bits per heavy atom. The number of aliphatic hydroxyl groups is 1. The van der Waals surface area contributed by atoms with Gasteiger partial charge in [0.05, 0.1) is 5.57 Å². The zero-order valence-corrected chi connectivity index (χ0v) is 10.8. The van der Waals surface area contributed by atoms with Crippen molar-refractivity contribution in [3.05, 3.63) is 46.7 Å². The maximum Gasteiger partial charge on any atom is 0.228 e. The lowest BCUT2D eigenvalue weighted by atomic mass is 9.85. The number of fused-ring (bicyclic) bond motifs is 1. The summed E-state index contributed by atoms with van der Waals surface area (Å²) in [6, 6.07) is 6.30. The zero-order valence-electron chi connectivity index (χ0n) is 10.8. The summed E-state index contributed by atoms with van der Waals surface area (Å²) in [5, 5.41) is 9.84. The van der Waals surface area contributed by atoms with Gasteiger partial charge in [-0.2, -0.15) is 0 Å². The Bertz CT molecular complexity index is 608. The third-order valence-electron chi connectivity index (χ3n) is 3.19. The number of hydrogen-bond acceptors (Lipinski definition) is 4. The predicted octanol–water partition coefficient (Wildman–Crippen LogP) is 2.49. The molecule has 0 saturated heterocycles. The number of ketones is 3. The van der Waals surface area contributed by atoms with E-state index in [9.17, 15) is 19.5 Å². The Kier molecular flexibility index (Phi) is 3.34. The summed E-state index contributed by atoms with van der Waals surface area (Å²) >= 11 is 0. The monoisotopic (exact) mass is 258 g/mol. The molecule has 1 aliphatic carbocycles. The maximum absolute atomic E-state index is 12.2. The Labute approximate surface area is 110 Å². The van der Waals surface area contributed by atoms with Gasteiger partial charge >= 0.3 is 0 Å². The van der Waals surface area contributed by atoms with Crippen LogP contribution in [0.15, 0.2) is 35.6 Å². The van der Waals surface area contributed by atoms with E-state index < -0.39 is 17.3 Å². The van der Waals surface area contributed by atoms with Crippen molar-refractivity contribution in [2.45, 2.75) is 20.3 Å². The average molecular weight is 258 g/mol. The number of carbonyl (C=O) groups excluding carboxylic acids is 3. The first-order valence-corrected chi connectivity index (χ1v) is 6.06. The van der Waals surface area contributed by atoms with Crippen LogP contribution in [0.3, 0.4) is 0 Å². The summed E-state index contributed by atoms with van der Waals surface area (Å²) in [6.07, 6.45) is -0.206. The fourth-order valence-electron chi connectivity index (χ4n) is 1.96. The highest BCUT2D eigenvalue weighted by Crippen LogP contribution is 2.27. The molecule has 0 spiro atoms. The lowest BCUT2D eigenvalue weighted by Crippen LogP contribution is -2.24. The Morgan fingerprint density at radius 1 is 1.11 bits per heavy atom. The molecule has 0 aliphatic heterocycles. The summed E-state index contributed by atoms with van der Waals surface area (Å²) in [5.41, 5.74) is 0.338. The molecule has 98 valence electrons. The van der Waals surface area contributed by atoms with Gasteiger partial charge in [0.2, 0.25) is 5.78 Å². The maximum atomic E-state index is 12.2. The fourth-order valence-corrected chi connectivity index (χ4v) is 1.96. The number of Topliss-reactive ketones (excluding diaryl/α,β-unsaturated/α-hetero) is 3. The molecule has 0 amide bonds. The minimum Gasteiger partial charge on any atom is -0.504 e. The van der Waals surface area contributed by atoms with Crippen LogP contribution >= 0.6 is 0 Å². The molecule has 4 nitrogen and oxygen atoms in total. The van der Waals surface area contributed by atoms with Crippen LogP contribution in [0.1, 0.15) is 41.0 Å². The Hall–Kier alpha value is -2.23. The van der Waals surface area contributed by atoms with Gasteiger partial charge in [-0.15, -0.1) is 0 Å². The quantitative estimate of drug-likeness (QED) is 0.904. The molecule has 1 aromatic carbocycles. The van der Waals surface area contributed by atoms with E-state index in [0.717, 1.165) is 0 Å². The van der Waals surface area contributed by atoms with Gasteiger partial charge < -0.3 is 5.11 Å². The predicted molar refractivity (Wildman–Crippen MR) is 69.2 cm³/mol. The number of carbonyl (C=O) groups is 3. The van der Waals surface area contributed by atoms with E-state index in [1.165, 1.54) is 12.1 Å². The van der Waals surface area contributed by atoms with Crippen molar-refractivity contribution in [1.29, 1.82) is 0 Å². The first-order chi connectivity index (χ1) is 8.93. The summed E-state index contributed by atoms with van der Waals surface area (Å²) in [4.78, 5) is 35.9. The van der Waals surface area contributed by atoms with E-state index in [0.29, 0.717) is 0 Å². The first kappa shape index (κ1) is 13.2. The second-order valence-electron chi connectivity index (χ2n) is 4.83. The molecule has 0 saturated carbocycles. The van der Waals surface area contributed by atoms with Gasteiger partial charge in [-0.1, -0.05) is 38.1 Å².